The fraction of sp³-hybridized carbons (Fsp3) is 0.727. The molecule has 1 fully saturated rings. The van der Waals surface area contributed by atoms with Crippen molar-refractivity contribution in [2.45, 2.75) is 25.4 Å². The molecule has 0 bridgehead atoms. The molecule has 7 nitrogen and oxygen atoms in total. The number of aromatic nitrogens is 3. The molecule has 0 radical (unpaired) electrons. The van der Waals surface area contributed by atoms with Gasteiger partial charge in [-0.2, -0.15) is 0 Å². The maximum absolute atomic E-state index is 12.1. The monoisotopic (exact) mass is 252 g/mol. The molecule has 0 spiro atoms. The van der Waals surface area contributed by atoms with Crippen LogP contribution in [0.5, 0.6) is 0 Å². The summed E-state index contributed by atoms with van der Waals surface area (Å²) < 4.78 is 1.47. The summed E-state index contributed by atoms with van der Waals surface area (Å²) in [6, 6.07) is 0.289. The van der Waals surface area contributed by atoms with Crippen molar-refractivity contribution in [2.75, 3.05) is 32.9 Å². The first kappa shape index (κ1) is 12.8. The molecule has 18 heavy (non-hydrogen) atoms. The number of likely N-dealkylation sites (N-methyl/N-ethyl adjacent to an activating group) is 2. The third-order valence-electron chi connectivity index (χ3n) is 3.39. The average molecular weight is 252 g/mol. The highest BCUT2D eigenvalue weighted by atomic mass is 16.2. The van der Waals surface area contributed by atoms with Gasteiger partial charge in [0, 0.05) is 19.6 Å². The molecule has 2 rings (SSSR count). The molecule has 1 aromatic rings. The summed E-state index contributed by atoms with van der Waals surface area (Å²) in [5.41, 5.74) is 5.42. The predicted molar refractivity (Wildman–Crippen MR) is 67.7 cm³/mol. The molecule has 1 aliphatic rings. The van der Waals surface area contributed by atoms with Crippen LogP contribution in [0.4, 0.5) is 5.95 Å². The van der Waals surface area contributed by atoms with Crippen molar-refractivity contribution in [2.24, 2.45) is 0 Å². The van der Waals surface area contributed by atoms with Crippen LogP contribution in [0, 0.1) is 0 Å². The Morgan fingerprint density at radius 1 is 1.67 bits per heavy atom. The second-order valence-corrected chi connectivity index (χ2v) is 4.86. The van der Waals surface area contributed by atoms with Crippen molar-refractivity contribution in [3.8, 4) is 0 Å². The van der Waals surface area contributed by atoms with Gasteiger partial charge in [-0.05, 0) is 26.4 Å². The zero-order valence-electron chi connectivity index (χ0n) is 10.9. The van der Waals surface area contributed by atoms with Crippen LogP contribution in [0.15, 0.2) is 6.33 Å². The van der Waals surface area contributed by atoms with Crippen molar-refractivity contribution < 1.29 is 4.79 Å². The van der Waals surface area contributed by atoms with Gasteiger partial charge in [-0.1, -0.05) is 0 Å². The van der Waals surface area contributed by atoms with Gasteiger partial charge in [-0.25, -0.2) is 9.67 Å². The van der Waals surface area contributed by atoms with E-state index < -0.39 is 0 Å². The second kappa shape index (κ2) is 5.34. The molecular weight excluding hydrogens is 232 g/mol. The van der Waals surface area contributed by atoms with Gasteiger partial charge in [-0.3, -0.25) is 4.79 Å². The lowest BCUT2D eigenvalue weighted by Gasteiger charge is -2.35. The minimum absolute atomic E-state index is 0.0419. The van der Waals surface area contributed by atoms with E-state index in [9.17, 15) is 4.79 Å². The Morgan fingerprint density at radius 2 is 2.44 bits per heavy atom. The number of nitrogens with zero attached hydrogens (tertiary/aromatic N) is 5. The van der Waals surface area contributed by atoms with Gasteiger partial charge >= 0.3 is 0 Å². The highest BCUT2D eigenvalue weighted by molar-refractivity contribution is 5.76. The van der Waals surface area contributed by atoms with E-state index in [4.69, 9.17) is 5.73 Å². The van der Waals surface area contributed by atoms with E-state index in [0.29, 0.717) is 0 Å². The molecule has 100 valence electrons. The van der Waals surface area contributed by atoms with Crippen LogP contribution < -0.4 is 5.73 Å². The third kappa shape index (κ3) is 2.98. The second-order valence-electron chi connectivity index (χ2n) is 4.86. The van der Waals surface area contributed by atoms with E-state index in [-0.39, 0.29) is 24.4 Å². The first-order chi connectivity index (χ1) is 8.56. The molecular formula is C11H20N6O. The van der Waals surface area contributed by atoms with Crippen LogP contribution in [0.3, 0.4) is 0 Å². The minimum atomic E-state index is 0.0419. The molecule has 0 saturated carbocycles. The van der Waals surface area contributed by atoms with Gasteiger partial charge in [0.25, 0.3) is 0 Å². The van der Waals surface area contributed by atoms with Crippen LogP contribution in [-0.2, 0) is 11.3 Å². The van der Waals surface area contributed by atoms with E-state index in [1.807, 2.05) is 11.9 Å². The number of carbonyl (C=O) groups is 1. The van der Waals surface area contributed by atoms with Gasteiger partial charge in [0.2, 0.25) is 11.9 Å². The van der Waals surface area contributed by atoms with Crippen molar-refractivity contribution in [3.63, 3.8) is 0 Å². The Morgan fingerprint density at radius 3 is 3.06 bits per heavy atom. The van der Waals surface area contributed by atoms with E-state index in [2.05, 4.69) is 22.0 Å². The maximum atomic E-state index is 12.1. The van der Waals surface area contributed by atoms with E-state index in [1.54, 1.807) is 0 Å². The van der Waals surface area contributed by atoms with Crippen molar-refractivity contribution in [1.82, 2.24) is 24.6 Å². The molecule has 1 atom stereocenters. The summed E-state index contributed by atoms with van der Waals surface area (Å²) >= 11 is 0. The Labute approximate surface area is 107 Å². The number of nitrogens with two attached hydrogens (primary N) is 1. The average Bonchev–Trinajstić information content (AvgIpc) is 2.73. The molecule has 0 aliphatic carbocycles. The molecule has 1 aromatic heterocycles. The van der Waals surface area contributed by atoms with E-state index in [1.165, 1.54) is 11.0 Å². The Hall–Kier alpha value is -1.63. The van der Waals surface area contributed by atoms with E-state index >= 15 is 0 Å². The van der Waals surface area contributed by atoms with Gasteiger partial charge < -0.3 is 15.5 Å². The largest absolute Gasteiger partial charge is 0.367 e. The summed E-state index contributed by atoms with van der Waals surface area (Å²) in [6.07, 6.45) is 3.68. The van der Waals surface area contributed by atoms with Crippen LogP contribution in [0.1, 0.15) is 12.8 Å². The third-order valence-corrected chi connectivity index (χ3v) is 3.39. The fourth-order valence-corrected chi connectivity index (χ4v) is 2.29. The summed E-state index contributed by atoms with van der Waals surface area (Å²) in [5.74, 6) is 0.239. The lowest BCUT2D eigenvalue weighted by atomic mass is 10.1. The number of carbonyl (C=O) groups excluding carboxylic acids is 1. The SMILES string of the molecule is CN1CCCC(N(C)C(=O)Cn2cnc(N)n2)C1. The minimum Gasteiger partial charge on any atom is -0.367 e. The van der Waals surface area contributed by atoms with Crippen LogP contribution in [0.25, 0.3) is 0 Å². The molecule has 0 aromatic carbocycles. The number of amides is 1. The zero-order chi connectivity index (χ0) is 13.1. The van der Waals surface area contributed by atoms with E-state index in [0.717, 1.165) is 25.9 Å². The van der Waals surface area contributed by atoms with Crippen molar-refractivity contribution in [3.05, 3.63) is 6.33 Å². The molecule has 1 aliphatic heterocycles. The summed E-state index contributed by atoms with van der Waals surface area (Å²) in [7, 11) is 3.94. The van der Waals surface area contributed by atoms with Crippen molar-refractivity contribution >= 4 is 11.9 Å². The van der Waals surface area contributed by atoms with Crippen molar-refractivity contribution in [1.29, 1.82) is 0 Å². The molecule has 2 N–H and O–H groups in total. The first-order valence-corrected chi connectivity index (χ1v) is 6.15. The number of likely N-dealkylation sites (tertiary alicyclic amines) is 1. The van der Waals surface area contributed by atoms with Crippen LogP contribution >= 0.6 is 0 Å². The number of rotatable bonds is 3. The molecule has 7 heteroatoms. The smallest absolute Gasteiger partial charge is 0.244 e. The number of nitrogen functional groups attached to an aromatic ring is 1. The zero-order valence-corrected chi connectivity index (χ0v) is 10.9. The lowest BCUT2D eigenvalue weighted by Crippen LogP contribution is -2.48. The predicted octanol–water partition coefficient (Wildman–Crippen LogP) is -0.587. The Balaban J connectivity index is 1.91. The first-order valence-electron chi connectivity index (χ1n) is 6.15. The number of piperidine rings is 1. The summed E-state index contributed by atoms with van der Waals surface area (Å²) in [6.45, 7) is 2.24. The number of hydrogen-bond acceptors (Lipinski definition) is 5. The number of hydrogen-bond donors (Lipinski definition) is 1. The summed E-state index contributed by atoms with van der Waals surface area (Å²) in [5, 5.41) is 3.92. The maximum Gasteiger partial charge on any atom is 0.244 e. The molecule has 1 unspecified atom stereocenters. The lowest BCUT2D eigenvalue weighted by molar-refractivity contribution is -0.133. The highest BCUT2D eigenvalue weighted by Crippen LogP contribution is 2.13. The van der Waals surface area contributed by atoms with Crippen LogP contribution in [-0.4, -0.2) is 63.7 Å². The molecule has 1 saturated heterocycles. The van der Waals surface area contributed by atoms with Gasteiger partial charge in [0.15, 0.2) is 0 Å². The van der Waals surface area contributed by atoms with Crippen LogP contribution in [0.2, 0.25) is 0 Å². The standard InChI is InChI=1S/C11H20N6O/c1-15-5-3-4-9(6-15)16(2)10(18)7-17-8-13-11(12)14-17/h8-9H,3-7H2,1-2H3,(H2,12,14). The molecule has 1 amide bonds. The fourth-order valence-electron chi connectivity index (χ4n) is 2.29. The molecule has 2 heterocycles. The van der Waals surface area contributed by atoms with Gasteiger partial charge in [0.05, 0.1) is 0 Å². The number of anilines is 1. The quantitative estimate of drug-likeness (QED) is 0.778. The summed E-state index contributed by atoms with van der Waals surface area (Å²) in [4.78, 5) is 20.0. The van der Waals surface area contributed by atoms with Gasteiger partial charge in [0.1, 0.15) is 12.9 Å². The highest BCUT2D eigenvalue weighted by Gasteiger charge is 2.24. The Kier molecular flexibility index (Phi) is 3.81. The van der Waals surface area contributed by atoms with Gasteiger partial charge in [-0.15, -0.1) is 5.10 Å². The Bertz CT molecular complexity index is 417. The normalized spacial score (nSPS) is 20.9. The topological polar surface area (TPSA) is 80.3 Å².